The van der Waals surface area contributed by atoms with Gasteiger partial charge in [0.15, 0.2) is 0 Å². The zero-order chi connectivity index (χ0) is 13.7. The SMILES string of the molecule is OC12C3C4CC5C6C4C1C6C(C53)N2Cc1ccc(I)cc1. The predicted octanol–water partition coefficient (Wildman–Crippen LogP) is 2.55. The van der Waals surface area contributed by atoms with Crippen molar-refractivity contribution in [3.63, 3.8) is 0 Å². The van der Waals surface area contributed by atoms with Gasteiger partial charge in [0.2, 0.25) is 0 Å². The highest BCUT2D eigenvalue weighted by Crippen LogP contribution is 2.90. The summed E-state index contributed by atoms with van der Waals surface area (Å²) in [6, 6.07) is 9.62. The molecule has 10 unspecified atom stereocenters. The summed E-state index contributed by atoms with van der Waals surface area (Å²) < 4.78 is 1.30. The minimum absolute atomic E-state index is 0.417. The molecule has 0 radical (unpaired) electrons. The molecule has 10 atom stereocenters. The van der Waals surface area contributed by atoms with Crippen LogP contribution in [0.5, 0.6) is 0 Å². The Kier molecular flexibility index (Phi) is 1.68. The van der Waals surface area contributed by atoms with Crippen molar-refractivity contribution in [3.8, 4) is 0 Å². The van der Waals surface area contributed by atoms with Gasteiger partial charge in [-0.25, -0.2) is 0 Å². The van der Waals surface area contributed by atoms with Crippen molar-refractivity contribution in [1.29, 1.82) is 0 Å². The Morgan fingerprint density at radius 1 is 1.05 bits per heavy atom. The molecule has 5 aliphatic carbocycles. The molecule has 7 aliphatic rings. The first-order chi connectivity index (χ1) is 10.2. The molecule has 4 bridgehead atoms. The quantitative estimate of drug-likeness (QED) is 0.784. The highest BCUT2D eigenvalue weighted by molar-refractivity contribution is 14.1. The van der Waals surface area contributed by atoms with Crippen LogP contribution in [-0.2, 0) is 6.54 Å². The Morgan fingerprint density at radius 3 is 2.67 bits per heavy atom. The lowest BCUT2D eigenvalue weighted by atomic mass is 9.59. The number of hydrogen-bond donors (Lipinski definition) is 1. The van der Waals surface area contributed by atoms with Gasteiger partial charge in [-0.3, -0.25) is 4.90 Å². The van der Waals surface area contributed by atoms with E-state index in [0.717, 1.165) is 48.1 Å². The second-order valence-electron chi connectivity index (χ2n) is 8.45. The highest BCUT2D eigenvalue weighted by Gasteiger charge is 2.93. The van der Waals surface area contributed by atoms with Gasteiger partial charge in [0.05, 0.1) is 0 Å². The number of hydrogen-bond acceptors (Lipinski definition) is 2. The van der Waals surface area contributed by atoms with E-state index in [9.17, 15) is 5.11 Å². The molecule has 1 aromatic carbocycles. The lowest BCUT2D eigenvalue weighted by Gasteiger charge is -2.45. The van der Waals surface area contributed by atoms with Gasteiger partial charge < -0.3 is 5.11 Å². The molecule has 0 amide bonds. The molecule has 1 aromatic rings. The maximum atomic E-state index is 11.6. The Bertz CT molecular complexity index is 689. The third-order valence-corrected chi connectivity index (χ3v) is 9.20. The fourth-order valence-electron chi connectivity index (χ4n) is 8.55. The first-order valence-corrected chi connectivity index (χ1v) is 9.52. The van der Waals surface area contributed by atoms with Gasteiger partial charge in [0, 0.05) is 28.0 Å². The summed E-state index contributed by atoms with van der Waals surface area (Å²) in [5.74, 6) is 6.82. The summed E-state index contributed by atoms with van der Waals surface area (Å²) in [6.45, 7) is 0.969. The monoisotopic (exact) mass is 391 g/mol. The van der Waals surface area contributed by atoms with Gasteiger partial charge >= 0.3 is 0 Å². The summed E-state index contributed by atoms with van der Waals surface area (Å²) in [4.78, 5) is 2.56. The number of aliphatic hydroxyl groups is 1. The van der Waals surface area contributed by atoms with Crippen LogP contribution in [-0.4, -0.2) is 21.8 Å². The number of benzene rings is 1. The Morgan fingerprint density at radius 2 is 1.86 bits per heavy atom. The summed E-state index contributed by atoms with van der Waals surface area (Å²) >= 11 is 2.37. The summed E-state index contributed by atoms with van der Waals surface area (Å²) in [5.41, 5.74) is 0.963. The second kappa shape index (κ2) is 3.09. The fourth-order valence-corrected chi connectivity index (χ4v) is 8.91. The van der Waals surface area contributed by atoms with Crippen LogP contribution in [0.25, 0.3) is 0 Å². The molecule has 21 heavy (non-hydrogen) atoms. The number of halogens is 1. The van der Waals surface area contributed by atoms with E-state index in [1.165, 1.54) is 15.6 Å². The molecule has 8 rings (SSSR count). The van der Waals surface area contributed by atoms with Gasteiger partial charge in [-0.05, 0) is 82.2 Å². The molecule has 0 aromatic heterocycles. The second-order valence-corrected chi connectivity index (χ2v) is 9.70. The van der Waals surface area contributed by atoms with E-state index < -0.39 is 5.72 Å². The largest absolute Gasteiger partial charge is 0.375 e. The standard InChI is InChI=1S/C18H18INO/c19-8-3-1-7(2-4-8)6-20-17-13-9-5-10-12-11(9)14(17)16(12)18(20,21)15(10)13/h1-4,9-17,21H,5-6H2. The molecule has 2 aliphatic heterocycles. The number of nitrogens with zero attached hydrogens (tertiary/aromatic N) is 1. The summed E-state index contributed by atoms with van der Waals surface area (Å²) in [7, 11) is 0. The van der Waals surface area contributed by atoms with Gasteiger partial charge in [0.25, 0.3) is 0 Å². The first kappa shape index (κ1) is 11.4. The lowest BCUT2D eigenvalue weighted by molar-refractivity contribution is -0.134. The molecule has 2 saturated heterocycles. The zero-order valence-corrected chi connectivity index (χ0v) is 13.8. The van der Waals surface area contributed by atoms with Crippen LogP contribution in [0.2, 0.25) is 0 Å². The molecular formula is C18H18INO. The molecular weight excluding hydrogens is 373 g/mol. The normalized spacial score (nSPS) is 63.2. The zero-order valence-electron chi connectivity index (χ0n) is 11.7. The maximum absolute atomic E-state index is 11.6. The smallest absolute Gasteiger partial charge is 0.125 e. The van der Waals surface area contributed by atoms with Crippen molar-refractivity contribution in [2.45, 2.75) is 24.7 Å². The summed E-state index contributed by atoms with van der Waals surface area (Å²) in [6.07, 6.45) is 1.47. The Hall–Kier alpha value is -0.130. The van der Waals surface area contributed by atoms with E-state index in [1.54, 1.807) is 0 Å². The third kappa shape index (κ3) is 0.902. The van der Waals surface area contributed by atoms with Crippen LogP contribution in [0, 0.1) is 50.9 Å². The van der Waals surface area contributed by atoms with Gasteiger partial charge in [-0.15, -0.1) is 0 Å². The molecule has 108 valence electrons. The minimum Gasteiger partial charge on any atom is -0.375 e. The van der Waals surface area contributed by atoms with E-state index in [-0.39, 0.29) is 0 Å². The molecule has 2 heterocycles. The van der Waals surface area contributed by atoms with Gasteiger partial charge in [-0.1, -0.05) is 12.1 Å². The average Bonchev–Trinajstić information content (AvgIpc) is 3.07. The molecule has 1 N–H and O–H groups in total. The van der Waals surface area contributed by atoms with Crippen molar-refractivity contribution in [2.75, 3.05) is 0 Å². The van der Waals surface area contributed by atoms with Crippen LogP contribution < -0.4 is 0 Å². The van der Waals surface area contributed by atoms with Gasteiger partial charge in [-0.2, -0.15) is 0 Å². The molecule has 5 saturated carbocycles. The Balaban J connectivity index is 1.35. The Labute approximate surface area is 138 Å². The lowest BCUT2D eigenvalue weighted by Crippen LogP contribution is -2.50. The van der Waals surface area contributed by atoms with Crippen LogP contribution in [0.4, 0.5) is 0 Å². The first-order valence-electron chi connectivity index (χ1n) is 8.45. The number of rotatable bonds is 2. The molecule has 7 fully saturated rings. The van der Waals surface area contributed by atoms with Crippen LogP contribution in [0.15, 0.2) is 24.3 Å². The minimum atomic E-state index is -0.417. The van der Waals surface area contributed by atoms with Crippen molar-refractivity contribution in [3.05, 3.63) is 33.4 Å². The summed E-state index contributed by atoms with van der Waals surface area (Å²) in [5, 5.41) is 11.6. The van der Waals surface area contributed by atoms with Crippen molar-refractivity contribution in [1.82, 2.24) is 4.90 Å². The van der Waals surface area contributed by atoms with E-state index >= 15 is 0 Å². The van der Waals surface area contributed by atoms with Crippen molar-refractivity contribution >= 4 is 22.6 Å². The fraction of sp³-hybridized carbons (Fsp3) is 0.667. The van der Waals surface area contributed by atoms with Crippen molar-refractivity contribution < 1.29 is 5.11 Å². The van der Waals surface area contributed by atoms with Crippen molar-refractivity contribution in [2.24, 2.45) is 47.3 Å². The van der Waals surface area contributed by atoms with E-state index in [2.05, 4.69) is 51.8 Å². The maximum Gasteiger partial charge on any atom is 0.125 e. The predicted molar refractivity (Wildman–Crippen MR) is 86.0 cm³/mol. The van der Waals surface area contributed by atoms with Crippen LogP contribution >= 0.6 is 22.6 Å². The van der Waals surface area contributed by atoms with Crippen LogP contribution in [0.1, 0.15) is 12.0 Å². The van der Waals surface area contributed by atoms with E-state index in [4.69, 9.17) is 0 Å². The van der Waals surface area contributed by atoms with E-state index in [0.29, 0.717) is 11.8 Å². The van der Waals surface area contributed by atoms with Crippen LogP contribution in [0.3, 0.4) is 0 Å². The highest BCUT2D eigenvalue weighted by atomic mass is 127. The molecule has 2 nitrogen and oxygen atoms in total. The van der Waals surface area contributed by atoms with E-state index in [1.807, 2.05) is 0 Å². The third-order valence-electron chi connectivity index (χ3n) is 8.48. The van der Waals surface area contributed by atoms with Gasteiger partial charge in [0.1, 0.15) is 5.72 Å². The average molecular weight is 391 g/mol. The molecule has 0 spiro atoms. The molecule has 3 heteroatoms. The topological polar surface area (TPSA) is 23.5 Å².